The predicted molar refractivity (Wildman–Crippen MR) is 92.0 cm³/mol. The predicted octanol–water partition coefficient (Wildman–Crippen LogP) is 7.08. The van der Waals surface area contributed by atoms with Gasteiger partial charge in [0.25, 0.3) is 0 Å². The number of benzene rings is 1. The molecule has 18 heavy (non-hydrogen) atoms. The minimum Gasteiger partial charge on any atom is -0.0984 e. The molecule has 0 heteroatoms. The Bertz CT molecular complexity index is 219. The Kier molecular flexibility index (Phi) is 42.0. The lowest BCUT2D eigenvalue weighted by Crippen LogP contribution is -1.76. The van der Waals surface area contributed by atoms with E-state index in [1.54, 1.807) is 0 Å². The third-order valence-corrected chi connectivity index (χ3v) is 1.44. The molecule has 106 valence electrons. The topological polar surface area (TPSA) is 0 Å². The van der Waals surface area contributed by atoms with E-state index in [1.807, 2.05) is 91.8 Å². The molecule has 0 aliphatic carbocycles. The molecule has 0 N–H and O–H groups in total. The van der Waals surface area contributed by atoms with Gasteiger partial charge in [0.2, 0.25) is 0 Å². The van der Waals surface area contributed by atoms with E-state index in [1.165, 1.54) is 0 Å². The van der Waals surface area contributed by atoms with Crippen LogP contribution in [0.2, 0.25) is 0 Å². The second kappa shape index (κ2) is 29.6. The van der Waals surface area contributed by atoms with Crippen LogP contribution in [0.1, 0.15) is 66.5 Å². The van der Waals surface area contributed by atoms with Gasteiger partial charge in [-0.2, -0.15) is 0 Å². The summed E-state index contributed by atoms with van der Waals surface area (Å²) in [6.07, 6.45) is 3.66. The highest BCUT2D eigenvalue weighted by Gasteiger charge is 1.89. The van der Waals surface area contributed by atoms with Crippen molar-refractivity contribution in [2.45, 2.75) is 55.4 Å². The van der Waals surface area contributed by atoms with Crippen molar-refractivity contribution in [1.29, 1.82) is 0 Å². The van der Waals surface area contributed by atoms with E-state index in [-0.39, 0.29) is 0 Å². The molecule has 0 atom stereocenters. The Hall–Kier alpha value is -1.30. The second-order valence-electron chi connectivity index (χ2n) is 2.04. The maximum absolute atomic E-state index is 3.69. The lowest BCUT2D eigenvalue weighted by molar-refractivity contribution is 1.50. The minimum absolute atomic E-state index is 1.14. The van der Waals surface area contributed by atoms with E-state index in [2.05, 4.69) is 13.2 Å². The third-order valence-electron chi connectivity index (χ3n) is 1.44. The fraction of sp³-hybridized carbons (Fsp3) is 0.444. The summed E-state index contributed by atoms with van der Waals surface area (Å²) < 4.78 is 0. The Morgan fingerprint density at radius 2 is 0.833 bits per heavy atom. The summed E-state index contributed by atoms with van der Waals surface area (Å²) in [6, 6.07) is 8.02. The third kappa shape index (κ3) is 14.7. The van der Waals surface area contributed by atoms with Crippen molar-refractivity contribution in [2.75, 3.05) is 0 Å². The Morgan fingerprint density at radius 1 is 0.611 bits per heavy atom. The second-order valence-corrected chi connectivity index (χ2v) is 2.04. The van der Waals surface area contributed by atoms with Gasteiger partial charge in [-0.15, -0.1) is 0 Å². The first-order valence-corrected chi connectivity index (χ1v) is 7.22. The highest BCUT2D eigenvalue weighted by atomic mass is 13.9. The van der Waals surface area contributed by atoms with Crippen LogP contribution in [0, 0.1) is 0 Å². The van der Waals surface area contributed by atoms with Gasteiger partial charge in [-0.25, -0.2) is 0 Å². The van der Waals surface area contributed by atoms with Crippen LogP contribution in [0.3, 0.4) is 0 Å². The number of hydrogen-bond donors (Lipinski definition) is 0. The molecule has 1 aromatic carbocycles. The van der Waals surface area contributed by atoms with Crippen LogP contribution in [-0.4, -0.2) is 0 Å². The quantitative estimate of drug-likeness (QED) is 0.526. The SMILES string of the molecule is C=Cc1ccccc1C=C.CC.CC.CC.CC. The molecule has 0 radical (unpaired) electrons. The first-order chi connectivity index (χ1) is 8.88. The molecule has 0 aromatic heterocycles. The van der Waals surface area contributed by atoms with Crippen LogP contribution in [0.25, 0.3) is 12.2 Å². The highest BCUT2D eigenvalue weighted by Crippen LogP contribution is 2.10. The van der Waals surface area contributed by atoms with E-state index < -0.39 is 0 Å². The van der Waals surface area contributed by atoms with Gasteiger partial charge in [0.1, 0.15) is 0 Å². The van der Waals surface area contributed by atoms with Crippen molar-refractivity contribution < 1.29 is 0 Å². The molecule has 0 amide bonds. The van der Waals surface area contributed by atoms with Gasteiger partial charge in [0.05, 0.1) is 0 Å². The van der Waals surface area contributed by atoms with E-state index in [0.29, 0.717) is 0 Å². The van der Waals surface area contributed by atoms with Gasteiger partial charge in [0.15, 0.2) is 0 Å². The largest absolute Gasteiger partial charge is 0.0984 e. The summed E-state index contributed by atoms with van der Waals surface area (Å²) in [5.41, 5.74) is 2.27. The zero-order valence-electron chi connectivity index (χ0n) is 13.9. The average molecular weight is 250 g/mol. The minimum atomic E-state index is 1.14. The van der Waals surface area contributed by atoms with Crippen LogP contribution in [-0.2, 0) is 0 Å². The van der Waals surface area contributed by atoms with E-state index >= 15 is 0 Å². The van der Waals surface area contributed by atoms with Crippen LogP contribution < -0.4 is 0 Å². The molecule has 0 saturated heterocycles. The number of rotatable bonds is 2. The van der Waals surface area contributed by atoms with Crippen molar-refractivity contribution in [2.24, 2.45) is 0 Å². The number of hydrogen-bond acceptors (Lipinski definition) is 0. The van der Waals surface area contributed by atoms with Gasteiger partial charge in [-0.1, -0.05) is 105 Å². The molecule has 1 rings (SSSR count). The molecule has 0 bridgehead atoms. The van der Waals surface area contributed by atoms with Crippen molar-refractivity contribution in [1.82, 2.24) is 0 Å². The summed E-state index contributed by atoms with van der Waals surface area (Å²) in [6.45, 7) is 23.4. The lowest BCUT2D eigenvalue weighted by atomic mass is 10.1. The van der Waals surface area contributed by atoms with Gasteiger partial charge in [0, 0.05) is 0 Å². The van der Waals surface area contributed by atoms with Crippen LogP contribution >= 0.6 is 0 Å². The van der Waals surface area contributed by atoms with E-state index in [9.17, 15) is 0 Å². The standard InChI is InChI=1S/C10H10.4C2H6/c1-3-9-7-5-6-8-10(9)4-2;4*1-2/h3-8H,1-2H2;4*1-2H3. The van der Waals surface area contributed by atoms with Crippen molar-refractivity contribution >= 4 is 12.2 Å². The molecular weight excluding hydrogens is 216 g/mol. The van der Waals surface area contributed by atoms with Crippen LogP contribution in [0.4, 0.5) is 0 Å². The van der Waals surface area contributed by atoms with Gasteiger partial charge in [-0.3, -0.25) is 0 Å². The zero-order valence-corrected chi connectivity index (χ0v) is 13.9. The van der Waals surface area contributed by atoms with E-state index in [4.69, 9.17) is 0 Å². The molecule has 0 saturated carbocycles. The first kappa shape index (κ1) is 25.5. The summed E-state index contributed by atoms with van der Waals surface area (Å²) in [7, 11) is 0. The van der Waals surface area contributed by atoms with Crippen molar-refractivity contribution in [3.8, 4) is 0 Å². The van der Waals surface area contributed by atoms with Crippen LogP contribution in [0.15, 0.2) is 37.4 Å². The van der Waals surface area contributed by atoms with Crippen molar-refractivity contribution in [3.05, 3.63) is 48.6 Å². The molecule has 1 aromatic rings. The summed E-state index contributed by atoms with van der Waals surface area (Å²) >= 11 is 0. The van der Waals surface area contributed by atoms with Gasteiger partial charge >= 0.3 is 0 Å². The van der Waals surface area contributed by atoms with Gasteiger partial charge in [-0.05, 0) is 11.1 Å². The molecule has 0 heterocycles. The molecule has 0 spiro atoms. The molecule has 0 aliphatic rings. The monoisotopic (exact) mass is 250 g/mol. The fourth-order valence-electron chi connectivity index (χ4n) is 0.883. The molecular formula is C18H34. The Balaban J connectivity index is -0.000000105. The van der Waals surface area contributed by atoms with E-state index in [0.717, 1.165) is 11.1 Å². The fourth-order valence-corrected chi connectivity index (χ4v) is 0.883. The maximum atomic E-state index is 3.69. The van der Waals surface area contributed by atoms with Crippen molar-refractivity contribution in [3.63, 3.8) is 0 Å². The maximum Gasteiger partial charge on any atom is -0.0190 e. The normalized spacial score (nSPS) is 6.22. The van der Waals surface area contributed by atoms with Crippen LogP contribution in [0.5, 0.6) is 0 Å². The highest BCUT2D eigenvalue weighted by molar-refractivity contribution is 5.63. The zero-order chi connectivity index (χ0) is 15.4. The summed E-state index contributed by atoms with van der Waals surface area (Å²) in [4.78, 5) is 0. The first-order valence-electron chi connectivity index (χ1n) is 7.22. The summed E-state index contributed by atoms with van der Waals surface area (Å²) in [5, 5.41) is 0. The molecule has 0 aliphatic heterocycles. The molecule has 0 unspecified atom stereocenters. The molecule has 0 nitrogen and oxygen atoms in total. The Labute approximate surface area is 116 Å². The smallest absolute Gasteiger partial charge is 0.0190 e. The van der Waals surface area contributed by atoms with Gasteiger partial charge < -0.3 is 0 Å². The average Bonchev–Trinajstić information content (AvgIpc) is 2.55. The Morgan fingerprint density at radius 3 is 1.00 bits per heavy atom. The summed E-state index contributed by atoms with van der Waals surface area (Å²) in [5.74, 6) is 0. The molecule has 0 fully saturated rings. The lowest BCUT2D eigenvalue weighted by Gasteiger charge is -1.96.